The molecule has 0 aliphatic heterocycles. The van der Waals surface area contributed by atoms with Crippen LogP contribution >= 0.6 is 0 Å². The normalized spacial score (nSPS) is 9.43. The molecule has 0 aliphatic carbocycles. The van der Waals surface area contributed by atoms with Crippen LogP contribution in [0.2, 0.25) is 0 Å². The van der Waals surface area contributed by atoms with Crippen LogP contribution in [0.3, 0.4) is 0 Å². The average molecular weight is 187 g/mol. The van der Waals surface area contributed by atoms with Gasteiger partial charge >= 0.3 is 6.01 Å². The van der Waals surface area contributed by atoms with Gasteiger partial charge in [0.1, 0.15) is 0 Å². The maximum absolute atomic E-state index is 9.90. The number of rotatable bonds is 2. The lowest BCUT2D eigenvalue weighted by Crippen LogP contribution is -1.77. The lowest BCUT2D eigenvalue weighted by Gasteiger charge is -1.89. The number of benzene rings is 1. The van der Waals surface area contributed by atoms with E-state index in [1.165, 1.54) is 6.08 Å². The molecule has 2 aromatic rings. The molecule has 68 valence electrons. The Labute approximate surface area is 79.1 Å². The third kappa shape index (κ3) is 1.57. The molecule has 1 aromatic carbocycles. The third-order valence-electron chi connectivity index (χ3n) is 1.59. The van der Waals surface area contributed by atoms with E-state index in [-0.39, 0.29) is 6.01 Å². The molecule has 0 saturated carbocycles. The quantitative estimate of drug-likeness (QED) is 0.530. The molecule has 0 aliphatic rings. The molecular formula is C9H5N3O2. The lowest BCUT2D eigenvalue weighted by atomic mass is 10.2. The van der Waals surface area contributed by atoms with Crippen LogP contribution in [-0.4, -0.2) is 16.2 Å². The van der Waals surface area contributed by atoms with Crippen LogP contribution in [0.5, 0.6) is 0 Å². The molecule has 2 rings (SSSR count). The van der Waals surface area contributed by atoms with Gasteiger partial charge in [-0.05, 0) is 0 Å². The van der Waals surface area contributed by atoms with E-state index in [9.17, 15) is 4.79 Å². The van der Waals surface area contributed by atoms with Crippen LogP contribution < -0.4 is 0 Å². The van der Waals surface area contributed by atoms with Crippen molar-refractivity contribution in [2.24, 2.45) is 4.99 Å². The minimum Gasteiger partial charge on any atom is -0.312 e. The van der Waals surface area contributed by atoms with Gasteiger partial charge in [-0.25, -0.2) is 4.79 Å². The molecule has 0 amide bonds. The largest absolute Gasteiger partial charge is 0.358 e. The molecule has 0 saturated heterocycles. The Bertz CT molecular complexity index is 472. The Hall–Kier alpha value is -2.26. The van der Waals surface area contributed by atoms with Crippen LogP contribution in [0.25, 0.3) is 11.4 Å². The maximum Gasteiger partial charge on any atom is 0.358 e. The summed E-state index contributed by atoms with van der Waals surface area (Å²) < 4.78 is 4.67. The molecule has 0 unspecified atom stereocenters. The number of hydrogen-bond donors (Lipinski definition) is 0. The Morgan fingerprint density at radius 3 is 2.79 bits per heavy atom. The van der Waals surface area contributed by atoms with E-state index < -0.39 is 0 Å². The Morgan fingerprint density at radius 1 is 1.29 bits per heavy atom. The van der Waals surface area contributed by atoms with Crippen molar-refractivity contribution in [1.29, 1.82) is 0 Å². The monoisotopic (exact) mass is 187 g/mol. The number of aliphatic imine (C=N–C) groups is 1. The molecule has 0 fully saturated rings. The predicted octanol–water partition coefficient (Wildman–Crippen LogP) is 1.70. The third-order valence-corrected chi connectivity index (χ3v) is 1.59. The summed E-state index contributed by atoms with van der Waals surface area (Å²) in [7, 11) is 0. The van der Waals surface area contributed by atoms with Crippen molar-refractivity contribution in [2.75, 3.05) is 0 Å². The number of carbonyl (C=O) groups excluding carboxylic acids is 1. The molecule has 1 aromatic heterocycles. The summed E-state index contributed by atoms with van der Waals surface area (Å²) in [4.78, 5) is 17.0. The van der Waals surface area contributed by atoms with Gasteiger partial charge in [-0.15, -0.1) is 4.99 Å². The molecule has 0 bridgehead atoms. The smallest absolute Gasteiger partial charge is 0.312 e. The van der Waals surface area contributed by atoms with E-state index in [0.717, 1.165) is 5.56 Å². The minimum absolute atomic E-state index is 0.0844. The van der Waals surface area contributed by atoms with Gasteiger partial charge in [0, 0.05) is 5.56 Å². The zero-order valence-corrected chi connectivity index (χ0v) is 7.04. The minimum atomic E-state index is -0.0844. The van der Waals surface area contributed by atoms with Crippen molar-refractivity contribution in [3.63, 3.8) is 0 Å². The number of isocyanates is 1. The standard InChI is InChI=1S/C9H5N3O2/c13-6-10-9-11-8(12-14-9)7-4-2-1-3-5-7/h1-5H. The molecule has 14 heavy (non-hydrogen) atoms. The maximum atomic E-state index is 9.90. The highest BCUT2D eigenvalue weighted by molar-refractivity contribution is 5.55. The highest BCUT2D eigenvalue weighted by atomic mass is 16.5. The first-order valence-corrected chi connectivity index (χ1v) is 3.87. The second-order valence-electron chi connectivity index (χ2n) is 2.47. The fourth-order valence-electron chi connectivity index (χ4n) is 1.00. The van der Waals surface area contributed by atoms with Crippen LogP contribution in [-0.2, 0) is 4.79 Å². The molecule has 0 spiro atoms. The van der Waals surface area contributed by atoms with Crippen LogP contribution in [0, 0.1) is 0 Å². The van der Waals surface area contributed by atoms with Crippen molar-refractivity contribution in [2.45, 2.75) is 0 Å². The second-order valence-corrected chi connectivity index (χ2v) is 2.47. The summed E-state index contributed by atoms with van der Waals surface area (Å²) in [6.07, 6.45) is 1.33. The number of nitrogens with zero attached hydrogens (tertiary/aromatic N) is 3. The van der Waals surface area contributed by atoms with Crippen molar-refractivity contribution in [3.8, 4) is 11.4 Å². The summed E-state index contributed by atoms with van der Waals surface area (Å²) in [5, 5.41) is 3.65. The van der Waals surface area contributed by atoms with E-state index in [1.807, 2.05) is 30.3 Å². The van der Waals surface area contributed by atoms with Gasteiger partial charge in [0.15, 0.2) is 0 Å². The van der Waals surface area contributed by atoms with Gasteiger partial charge in [-0.3, -0.25) is 0 Å². The second kappa shape index (κ2) is 3.64. The summed E-state index contributed by atoms with van der Waals surface area (Å²) in [6, 6.07) is 9.17. The fourth-order valence-corrected chi connectivity index (χ4v) is 1.00. The van der Waals surface area contributed by atoms with Gasteiger partial charge in [0.2, 0.25) is 11.9 Å². The van der Waals surface area contributed by atoms with E-state index in [4.69, 9.17) is 0 Å². The number of aromatic nitrogens is 2. The molecule has 0 N–H and O–H groups in total. The van der Waals surface area contributed by atoms with Gasteiger partial charge in [0.25, 0.3) is 0 Å². The van der Waals surface area contributed by atoms with Crippen molar-refractivity contribution in [3.05, 3.63) is 30.3 Å². The summed E-state index contributed by atoms with van der Waals surface area (Å²) in [6.45, 7) is 0. The molecule has 5 heteroatoms. The Morgan fingerprint density at radius 2 is 2.07 bits per heavy atom. The van der Waals surface area contributed by atoms with Gasteiger partial charge in [0.05, 0.1) is 0 Å². The van der Waals surface area contributed by atoms with E-state index >= 15 is 0 Å². The average Bonchev–Trinajstić information content (AvgIpc) is 2.68. The fraction of sp³-hybridized carbons (Fsp3) is 0. The van der Waals surface area contributed by atoms with Gasteiger partial charge in [-0.1, -0.05) is 35.5 Å². The molecule has 0 radical (unpaired) electrons. The first kappa shape index (κ1) is 8.34. The van der Waals surface area contributed by atoms with Crippen molar-refractivity contribution in [1.82, 2.24) is 10.1 Å². The summed E-state index contributed by atoms with van der Waals surface area (Å²) in [5.41, 5.74) is 0.809. The summed E-state index contributed by atoms with van der Waals surface area (Å²) in [5.74, 6) is 0.402. The van der Waals surface area contributed by atoms with Crippen molar-refractivity contribution < 1.29 is 9.32 Å². The van der Waals surface area contributed by atoms with E-state index in [0.29, 0.717) is 5.82 Å². The molecule has 0 atom stereocenters. The molecule has 1 heterocycles. The zero-order chi connectivity index (χ0) is 9.80. The van der Waals surface area contributed by atoms with E-state index in [2.05, 4.69) is 19.7 Å². The number of hydrogen-bond acceptors (Lipinski definition) is 5. The van der Waals surface area contributed by atoms with Crippen LogP contribution in [0.1, 0.15) is 0 Å². The molecule has 5 nitrogen and oxygen atoms in total. The van der Waals surface area contributed by atoms with Gasteiger partial charge in [-0.2, -0.15) is 4.98 Å². The Kier molecular flexibility index (Phi) is 2.17. The zero-order valence-electron chi connectivity index (χ0n) is 7.04. The first-order chi connectivity index (χ1) is 6.90. The first-order valence-electron chi connectivity index (χ1n) is 3.87. The molecular weight excluding hydrogens is 182 g/mol. The highest BCUT2D eigenvalue weighted by Gasteiger charge is 2.05. The van der Waals surface area contributed by atoms with Crippen LogP contribution in [0.4, 0.5) is 6.01 Å². The van der Waals surface area contributed by atoms with Crippen LogP contribution in [0.15, 0.2) is 39.8 Å². The van der Waals surface area contributed by atoms with E-state index in [1.54, 1.807) is 0 Å². The highest BCUT2D eigenvalue weighted by Crippen LogP contribution is 2.17. The van der Waals surface area contributed by atoms with Gasteiger partial charge < -0.3 is 4.52 Å². The predicted molar refractivity (Wildman–Crippen MR) is 47.5 cm³/mol. The SMILES string of the molecule is O=C=Nc1nc(-c2ccccc2)no1. The Balaban J connectivity index is 2.39. The summed E-state index contributed by atoms with van der Waals surface area (Å²) >= 11 is 0. The topological polar surface area (TPSA) is 68.3 Å². The lowest BCUT2D eigenvalue weighted by molar-refractivity contribution is 0.429. The van der Waals surface area contributed by atoms with Crippen molar-refractivity contribution >= 4 is 12.1 Å².